The molecule has 1 N–H and O–H groups in total. The summed E-state index contributed by atoms with van der Waals surface area (Å²) >= 11 is 1.63. The van der Waals surface area contributed by atoms with Gasteiger partial charge in [-0.1, -0.05) is 49.7 Å². The second-order valence-electron chi connectivity index (χ2n) is 3.38. The largest absolute Gasteiger partial charge is 0.326 e. The number of nitrogens with one attached hydrogen (secondary N) is 1. The first kappa shape index (κ1) is 13.7. The molecule has 0 atom stereocenters. The minimum atomic E-state index is 1.13. The van der Waals surface area contributed by atoms with Crippen LogP contribution in [0.5, 0.6) is 0 Å². The Balaban J connectivity index is 0.000000686. The Hall–Kier alpha value is -1.41. The number of hydrogen-bond donors (Lipinski definition) is 1. The molecule has 0 unspecified atom stereocenters. The molecule has 0 aliphatic rings. The first-order chi connectivity index (χ1) is 8.34. The van der Waals surface area contributed by atoms with Crippen LogP contribution in [-0.4, -0.2) is 0 Å². The monoisotopic (exact) mass is 245 g/mol. The van der Waals surface area contributed by atoms with Gasteiger partial charge in [-0.25, -0.2) is 0 Å². The van der Waals surface area contributed by atoms with E-state index in [2.05, 4.69) is 48.0 Å². The molecule has 0 saturated heterocycles. The smallest absolute Gasteiger partial charge is 0.0443 e. The highest BCUT2D eigenvalue weighted by Crippen LogP contribution is 2.20. The van der Waals surface area contributed by atoms with Crippen LogP contribution in [-0.2, 0) is 0 Å². The Morgan fingerprint density at radius 2 is 1.41 bits per heavy atom. The number of benzene rings is 2. The highest BCUT2D eigenvalue weighted by Gasteiger charge is 1.93. The predicted octanol–water partition coefficient (Wildman–Crippen LogP) is 5.14. The zero-order valence-corrected chi connectivity index (χ0v) is 11.4. The van der Waals surface area contributed by atoms with Crippen molar-refractivity contribution in [2.75, 3.05) is 4.72 Å². The molecular weight excluding hydrogens is 226 g/mol. The van der Waals surface area contributed by atoms with E-state index in [-0.39, 0.29) is 0 Å². The van der Waals surface area contributed by atoms with Gasteiger partial charge in [-0.15, -0.1) is 0 Å². The zero-order chi connectivity index (χ0) is 12.5. The summed E-state index contributed by atoms with van der Waals surface area (Å²) < 4.78 is 3.30. The molecule has 0 heterocycles. The van der Waals surface area contributed by atoms with Crippen LogP contribution in [0.2, 0.25) is 0 Å². The summed E-state index contributed by atoms with van der Waals surface area (Å²) in [4.78, 5) is 1.23. The lowest BCUT2D eigenvalue weighted by atomic mass is 10.2. The summed E-state index contributed by atoms with van der Waals surface area (Å²) in [5.41, 5.74) is 2.42. The average molecular weight is 245 g/mol. The van der Waals surface area contributed by atoms with E-state index in [1.165, 1.54) is 10.5 Å². The second-order valence-corrected chi connectivity index (χ2v) is 4.26. The van der Waals surface area contributed by atoms with Crippen LogP contribution >= 0.6 is 11.9 Å². The number of anilines is 1. The van der Waals surface area contributed by atoms with E-state index < -0.39 is 0 Å². The highest BCUT2D eigenvalue weighted by molar-refractivity contribution is 8.00. The predicted molar refractivity (Wildman–Crippen MR) is 78.4 cm³/mol. The maximum Gasteiger partial charge on any atom is 0.0443 e. The third-order valence-electron chi connectivity index (χ3n) is 2.08. The Morgan fingerprint density at radius 3 is 2.00 bits per heavy atom. The van der Waals surface area contributed by atoms with Gasteiger partial charge < -0.3 is 4.72 Å². The van der Waals surface area contributed by atoms with Crippen LogP contribution in [0.1, 0.15) is 19.4 Å². The fourth-order valence-electron chi connectivity index (χ4n) is 1.23. The van der Waals surface area contributed by atoms with E-state index >= 15 is 0 Å². The molecule has 0 aromatic heterocycles. The summed E-state index contributed by atoms with van der Waals surface area (Å²) in [5.74, 6) is 0. The number of aryl methyl sites for hydroxylation is 1. The van der Waals surface area contributed by atoms with Crippen molar-refractivity contribution < 1.29 is 0 Å². The maximum atomic E-state index is 3.30. The summed E-state index contributed by atoms with van der Waals surface area (Å²) in [6.07, 6.45) is 0. The van der Waals surface area contributed by atoms with Crippen molar-refractivity contribution in [1.29, 1.82) is 0 Å². The fraction of sp³-hybridized carbons (Fsp3) is 0.200. The normalized spacial score (nSPS) is 9.12. The number of hydrogen-bond acceptors (Lipinski definition) is 2. The molecule has 0 fully saturated rings. The summed E-state index contributed by atoms with van der Waals surface area (Å²) in [6.45, 7) is 6.10. The Labute approximate surface area is 108 Å². The van der Waals surface area contributed by atoms with Gasteiger partial charge in [0.05, 0.1) is 0 Å². The Morgan fingerprint density at radius 1 is 0.824 bits per heavy atom. The van der Waals surface area contributed by atoms with E-state index in [0.29, 0.717) is 0 Å². The van der Waals surface area contributed by atoms with Crippen molar-refractivity contribution in [2.24, 2.45) is 0 Å². The molecule has 1 nitrogen and oxygen atoms in total. The van der Waals surface area contributed by atoms with Crippen LogP contribution in [0.15, 0.2) is 59.5 Å². The van der Waals surface area contributed by atoms with Gasteiger partial charge >= 0.3 is 0 Å². The van der Waals surface area contributed by atoms with Crippen molar-refractivity contribution in [2.45, 2.75) is 25.7 Å². The van der Waals surface area contributed by atoms with E-state index in [1.807, 2.05) is 32.0 Å². The van der Waals surface area contributed by atoms with Gasteiger partial charge in [0.1, 0.15) is 0 Å². The van der Waals surface area contributed by atoms with E-state index in [0.717, 1.165) is 5.69 Å². The van der Waals surface area contributed by atoms with Gasteiger partial charge in [-0.3, -0.25) is 0 Å². The summed E-state index contributed by atoms with van der Waals surface area (Å²) in [6, 6.07) is 18.7. The number of rotatable bonds is 3. The molecular formula is C15H19NS. The van der Waals surface area contributed by atoms with Gasteiger partial charge in [0.25, 0.3) is 0 Å². The quantitative estimate of drug-likeness (QED) is 0.751. The summed E-state index contributed by atoms with van der Waals surface area (Å²) in [7, 11) is 0. The molecule has 0 bridgehead atoms. The lowest BCUT2D eigenvalue weighted by Gasteiger charge is -2.04. The van der Waals surface area contributed by atoms with Crippen LogP contribution in [0.3, 0.4) is 0 Å². The lowest BCUT2D eigenvalue weighted by Crippen LogP contribution is -1.85. The minimum absolute atomic E-state index is 1.13. The fourth-order valence-corrected chi connectivity index (χ4v) is 1.87. The minimum Gasteiger partial charge on any atom is -0.326 e. The molecule has 0 saturated carbocycles. The van der Waals surface area contributed by atoms with E-state index in [4.69, 9.17) is 0 Å². The average Bonchev–Trinajstić information content (AvgIpc) is 2.42. The van der Waals surface area contributed by atoms with Crippen molar-refractivity contribution >= 4 is 17.6 Å². The second kappa shape index (κ2) is 7.80. The summed E-state index contributed by atoms with van der Waals surface area (Å²) in [5, 5.41) is 0. The van der Waals surface area contributed by atoms with Crippen LogP contribution in [0.25, 0.3) is 0 Å². The van der Waals surface area contributed by atoms with Gasteiger partial charge in [-0.2, -0.15) is 0 Å². The van der Waals surface area contributed by atoms with E-state index in [1.54, 1.807) is 11.9 Å². The molecule has 0 spiro atoms. The third-order valence-corrected chi connectivity index (χ3v) is 2.93. The number of para-hydroxylation sites is 1. The van der Waals surface area contributed by atoms with Crippen LogP contribution in [0.4, 0.5) is 5.69 Å². The van der Waals surface area contributed by atoms with Crippen molar-refractivity contribution in [3.63, 3.8) is 0 Å². The van der Waals surface area contributed by atoms with Gasteiger partial charge in [0.2, 0.25) is 0 Å². The third kappa shape index (κ3) is 4.96. The van der Waals surface area contributed by atoms with Gasteiger partial charge in [-0.05, 0) is 43.1 Å². The first-order valence-corrected chi connectivity index (χ1v) is 6.71. The molecule has 2 aromatic rings. The van der Waals surface area contributed by atoms with Crippen LogP contribution < -0.4 is 4.72 Å². The SMILES string of the molecule is CC.Cc1ccc(SNc2ccccc2)cc1. The molecule has 90 valence electrons. The van der Waals surface area contributed by atoms with Crippen molar-refractivity contribution in [1.82, 2.24) is 0 Å². The molecule has 2 rings (SSSR count). The van der Waals surface area contributed by atoms with Crippen molar-refractivity contribution in [3.8, 4) is 0 Å². The standard InChI is InChI=1S/C13H13NS.C2H6/c1-11-7-9-13(10-8-11)15-14-12-5-3-2-4-6-12;1-2/h2-10,14H,1H3;1-2H3. The van der Waals surface area contributed by atoms with Gasteiger partial charge in [0, 0.05) is 10.6 Å². The van der Waals surface area contributed by atoms with Crippen LogP contribution in [0, 0.1) is 6.92 Å². The van der Waals surface area contributed by atoms with Crippen molar-refractivity contribution in [3.05, 3.63) is 60.2 Å². The van der Waals surface area contributed by atoms with E-state index in [9.17, 15) is 0 Å². The van der Waals surface area contributed by atoms with Gasteiger partial charge in [0.15, 0.2) is 0 Å². The Bertz CT molecular complexity index is 409. The molecule has 2 aromatic carbocycles. The molecule has 0 amide bonds. The molecule has 0 aliphatic heterocycles. The topological polar surface area (TPSA) is 12.0 Å². The Kier molecular flexibility index (Phi) is 6.26. The first-order valence-electron chi connectivity index (χ1n) is 5.89. The molecule has 0 radical (unpaired) electrons. The molecule has 17 heavy (non-hydrogen) atoms. The zero-order valence-electron chi connectivity index (χ0n) is 10.6. The molecule has 2 heteroatoms. The maximum absolute atomic E-state index is 3.30. The molecule has 0 aliphatic carbocycles. The highest BCUT2D eigenvalue weighted by atomic mass is 32.2. The lowest BCUT2D eigenvalue weighted by molar-refractivity contribution is 1.38.